The first-order valence-electron chi connectivity index (χ1n) is 6.59. The molecule has 0 aliphatic heterocycles. The van der Waals surface area contributed by atoms with Crippen molar-refractivity contribution < 1.29 is 12.8 Å². The van der Waals surface area contributed by atoms with Crippen molar-refractivity contribution in [3.05, 3.63) is 24.0 Å². The van der Waals surface area contributed by atoms with Crippen LogP contribution >= 0.6 is 0 Å². The number of benzene rings is 1. The number of rotatable bonds is 7. The van der Waals surface area contributed by atoms with Gasteiger partial charge in [0.1, 0.15) is 5.82 Å². The summed E-state index contributed by atoms with van der Waals surface area (Å²) in [6, 6.07) is 3.01. The van der Waals surface area contributed by atoms with Gasteiger partial charge >= 0.3 is 0 Å². The summed E-state index contributed by atoms with van der Waals surface area (Å²) in [6.45, 7) is 8.08. The third-order valence-corrected chi connectivity index (χ3v) is 4.56. The van der Waals surface area contributed by atoms with Crippen LogP contribution in [0.2, 0.25) is 0 Å². The SMILES string of the molecule is CCN(CC)CC(C)NS(=O)(=O)c1cc(N)cc(F)c1. The van der Waals surface area contributed by atoms with E-state index in [1.54, 1.807) is 6.92 Å². The van der Waals surface area contributed by atoms with Crippen molar-refractivity contribution in [2.24, 2.45) is 0 Å². The van der Waals surface area contributed by atoms with Crippen molar-refractivity contribution in [1.82, 2.24) is 9.62 Å². The van der Waals surface area contributed by atoms with E-state index in [2.05, 4.69) is 9.62 Å². The van der Waals surface area contributed by atoms with Gasteiger partial charge in [-0.1, -0.05) is 13.8 Å². The molecule has 0 aliphatic rings. The lowest BCUT2D eigenvalue weighted by molar-refractivity contribution is 0.282. The zero-order valence-electron chi connectivity index (χ0n) is 12.1. The molecule has 0 aromatic heterocycles. The molecular formula is C13H22FN3O2S. The maximum Gasteiger partial charge on any atom is 0.241 e. The van der Waals surface area contributed by atoms with E-state index in [-0.39, 0.29) is 16.6 Å². The van der Waals surface area contributed by atoms with Gasteiger partial charge in [-0.15, -0.1) is 0 Å². The molecule has 0 heterocycles. The van der Waals surface area contributed by atoms with Crippen molar-refractivity contribution in [2.45, 2.75) is 31.7 Å². The molecule has 0 spiro atoms. The van der Waals surface area contributed by atoms with E-state index in [1.807, 2.05) is 13.8 Å². The fourth-order valence-electron chi connectivity index (χ4n) is 1.98. The number of likely N-dealkylation sites (N-methyl/N-ethyl adjacent to an activating group) is 1. The Labute approximate surface area is 120 Å². The fourth-order valence-corrected chi connectivity index (χ4v) is 3.28. The normalized spacial score (nSPS) is 13.7. The number of nitrogens with one attached hydrogen (secondary N) is 1. The minimum absolute atomic E-state index is 0.0850. The molecule has 0 saturated heterocycles. The van der Waals surface area contributed by atoms with E-state index in [9.17, 15) is 12.8 Å². The maximum absolute atomic E-state index is 13.2. The highest BCUT2D eigenvalue weighted by Crippen LogP contribution is 2.16. The number of hydrogen-bond donors (Lipinski definition) is 2. The van der Waals surface area contributed by atoms with Crippen molar-refractivity contribution >= 4 is 15.7 Å². The lowest BCUT2D eigenvalue weighted by Gasteiger charge is -2.23. The number of halogens is 1. The Morgan fingerprint density at radius 3 is 2.40 bits per heavy atom. The Kier molecular flexibility index (Phi) is 5.91. The Morgan fingerprint density at radius 1 is 1.30 bits per heavy atom. The molecule has 1 atom stereocenters. The van der Waals surface area contributed by atoms with E-state index in [1.165, 1.54) is 6.07 Å². The van der Waals surface area contributed by atoms with Crippen LogP contribution in [0, 0.1) is 5.82 Å². The number of anilines is 1. The van der Waals surface area contributed by atoms with Gasteiger partial charge < -0.3 is 10.6 Å². The van der Waals surface area contributed by atoms with Crippen LogP contribution < -0.4 is 10.5 Å². The van der Waals surface area contributed by atoms with E-state index in [0.29, 0.717) is 6.54 Å². The summed E-state index contributed by atoms with van der Waals surface area (Å²) in [5, 5.41) is 0. The second kappa shape index (κ2) is 7.01. The predicted octanol–water partition coefficient (Wildman–Crippen LogP) is 1.42. The number of nitrogen functional groups attached to an aromatic ring is 1. The average Bonchev–Trinajstić information content (AvgIpc) is 2.34. The Balaban J connectivity index is 2.84. The molecule has 3 N–H and O–H groups in total. The monoisotopic (exact) mass is 303 g/mol. The molecule has 0 fully saturated rings. The average molecular weight is 303 g/mol. The van der Waals surface area contributed by atoms with E-state index in [0.717, 1.165) is 25.2 Å². The summed E-state index contributed by atoms with van der Waals surface area (Å²) >= 11 is 0. The summed E-state index contributed by atoms with van der Waals surface area (Å²) in [5.74, 6) is -0.665. The van der Waals surface area contributed by atoms with Gasteiger partial charge in [0.05, 0.1) is 4.90 Å². The molecule has 0 aliphatic carbocycles. The second-order valence-corrected chi connectivity index (χ2v) is 6.44. The first-order valence-corrected chi connectivity index (χ1v) is 8.07. The van der Waals surface area contributed by atoms with Crippen molar-refractivity contribution in [1.29, 1.82) is 0 Å². The van der Waals surface area contributed by atoms with Crippen LogP contribution in [-0.2, 0) is 10.0 Å². The van der Waals surface area contributed by atoms with E-state index >= 15 is 0 Å². The molecule has 114 valence electrons. The summed E-state index contributed by atoms with van der Waals surface area (Å²) in [4.78, 5) is 1.95. The maximum atomic E-state index is 13.2. The van der Waals surface area contributed by atoms with Crippen LogP contribution in [0.25, 0.3) is 0 Å². The molecular weight excluding hydrogens is 281 g/mol. The third-order valence-electron chi connectivity index (χ3n) is 2.99. The van der Waals surface area contributed by atoms with Crippen LogP contribution in [-0.4, -0.2) is 39.0 Å². The summed E-state index contributed by atoms with van der Waals surface area (Å²) in [5.41, 5.74) is 5.56. The zero-order chi connectivity index (χ0) is 15.3. The quantitative estimate of drug-likeness (QED) is 0.747. The lowest BCUT2D eigenvalue weighted by Crippen LogP contribution is -2.41. The largest absolute Gasteiger partial charge is 0.399 e. The van der Waals surface area contributed by atoms with Crippen molar-refractivity contribution in [3.63, 3.8) is 0 Å². The summed E-state index contributed by atoms with van der Waals surface area (Å²) in [7, 11) is -3.76. The van der Waals surface area contributed by atoms with Crippen LogP contribution in [0.3, 0.4) is 0 Å². The summed E-state index contributed by atoms with van der Waals surface area (Å²) < 4.78 is 40.1. The predicted molar refractivity (Wildman–Crippen MR) is 78.4 cm³/mol. The Bertz CT molecular complexity index is 524. The first-order chi connectivity index (χ1) is 9.28. The molecule has 1 unspecified atom stereocenters. The van der Waals surface area contributed by atoms with Crippen molar-refractivity contribution in [3.8, 4) is 0 Å². The molecule has 7 heteroatoms. The molecule has 1 rings (SSSR count). The highest BCUT2D eigenvalue weighted by Gasteiger charge is 2.19. The zero-order valence-corrected chi connectivity index (χ0v) is 12.9. The van der Waals surface area contributed by atoms with Gasteiger partial charge in [-0.3, -0.25) is 0 Å². The number of hydrogen-bond acceptors (Lipinski definition) is 4. The van der Waals surface area contributed by atoms with Gasteiger partial charge in [-0.2, -0.15) is 0 Å². The van der Waals surface area contributed by atoms with Gasteiger partial charge in [-0.05, 0) is 38.2 Å². The Hall–Kier alpha value is -1.18. The van der Waals surface area contributed by atoms with Gasteiger partial charge in [0.15, 0.2) is 0 Å². The molecule has 0 radical (unpaired) electrons. The van der Waals surface area contributed by atoms with Gasteiger partial charge in [0, 0.05) is 18.3 Å². The van der Waals surface area contributed by atoms with E-state index < -0.39 is 15.8 Å². The van der Waals surface area contributed by atoms with Crippen molar-refractivity contribution in [2.75, 3.05) is 25.4 Å². The molecule has 0 saturated carbocycles. The number of nitrogens with zero attached hydrogens (tertiary/aromatic N) is 1. The van der Waals surface area contributed by atoms with Crippen LogP contribution in [0.15, 0.2) is 23.1 Å². The van der Waals surface area contributed by atoms with Gasteiger partial charge in [-0.25, -0.2) is 17.5 Å². The highest BCUT2D eigenvalue weighted by atomic mass is 32.2. The summed E-state index contributed by atoms with van der Waals surface area (Å²) in [6.07, 6.45) is 0. The molecule has 0 bridgehead atoms. The third kappa shape index (κ3) is 4.73. The number of nitrogens with two attached hydrogens (primary N) is 1. The molecule has 20 heavy (non-hydrogen) atoms. The van der Waals surface area contributed by atoms with Gasteiger partial charge in [0.2, 0.25) is 10.0 Å². The fraction of sp³-hybridized carbons (Fsp3) is 0.538. The smallest absolute Gasteiger partial charge is 0.241 e. The molecule has 0 amide bonds. The van der Waals surface area contributed by atoms with Gasteiger partial charge in [0.25, 0.3) is 0 Å². The number of sulfonamides is 1. The van der Waals surface area contributed by atoms with Crippen LogP contribution in [0.5, 0.6) is 0 Å². The first kappa shape index (κ1) is 16.9. The lowest BCUT2D eigenvalue weighted by atomic mass is 10.3. The van der Waals surface area contributed by atoms with Crippen LogP contribution in [0.4, 0.5) is 10.1 Å². The minimum Gasteiger partial charge on any atom is -0.399 e. The molecule has 1 aromatic rings. The minimum atomic E-state index is -3.76. The Morgan fingerprint density at radius 2 is 1.90 bits per heavy atom. The van der Waals surface area contributed by atoms with Crippen LogP contribution in [0.1, 0.15) is 20.8 Å². The molecule has 1 aromatic carbocycles. The van der Waals surface area contributed by atoms with E-state index in [4.69, 9.17) is 5.73 Å². The topological polar surface area (TPSA) is 75.4 Å². The second-order valence-electron chi connectivity index (χ2n) is 4.73. The molecule has 5 nitrogen and oxygen atoms in total. The standard InChI is InChI=1S/C13H22FN3O2S/c1-4-17(5-2)9-10(3)16-20(18,19)13-7-11(14)6-12(15)8-13/h6-8,10,16H,4-5,9,15H2,1-3H3. The highest BCUT2D eigenvalue weighted by molar-refractivity contribution is 7.89.